The van der Waals surface area contributed by atoms with Gasteiger partial charge in [0.15, 0.2) is 0 Å². The Morgan fingerprint density at radius 3 is 2.38 bits per heavy atom. The van der Waals surface area contributed by atoms with Crippen molar-refractivity contribution < 1.29 is 9.90 Å². The smallest absolute Gasteiger partial charge is 0.347 e. The predicted octanol–water partition coefficient (Wildman–Crippen LogP) is 3.13. The number of benzene rings is 1. The summed E-state index contributed by atoms with van der Waals surface area (Å²) in [6, 6.07) is 6.10. The SMILES string of the molecule is Cc1cc(C)cc(-c2ncc(C(=O)O)s2)c1. The minimum Gasteiger partial charge on any atom is -0.477 e. The summed E-state index contributed by atoms with van der Waals surface area (Å²) in [5.74, 6) is -0.923. The molecule has 2 aromatic rings. The monoisotopic (exact) mass is 233 g/mol. The molecule has 2 rings (SSSR count). The molecule has 1 N–H and O–H groups in total. The number of thiazole rings is 1. The van der Waals surface area contributed by atoms with Crippen LogP contribution in [0.1, 0.15) is 20.8 Å². The van der Waals surface area contributed by atoms with E-state index in [1.807, 2.05) is 26.0 Å². The molecular formula is C12H11NO2S. The highest BCUT2D eigenvalue weighted by Crippen LogP contribution is 2.26. The van der Waals surface area contributed by atoms with Gasteiger partial charge in [0.2, 0.25) is 0 Å². The first-order chi connectivity index (χ1) is 7.56. The summed E-state index contributed by atoms with van der Waals surface area (Å²) in [5.41, 5.74) is 3.29. The van der Waals surface area contributed by atoms with Crippen molar-refractivity contribution in [1.82, 2.24) is 4.98 Å². The number of aryl methyl sites for hydroxylation is 2. The first-order valence-corrected chi connectivity index (χ1v) is 5.66. The normalized spacial score (nSPS) is 10.4. The van der Waals surface area contributed by atoms with Crippen LogP contribution in [0.4, 0.5) is 0 Å². The standard InChI is InChI=1S/C12H11NO2S/c1-7-3-8(2)5-9(4-7)11-13-6-10(16-11)12(14)15/h3-6H,1-2H3,(H,14,15). The van der Waals surface area contributed by atoms with Crippen molar-refractivity contribution in [3.63, 3.8) is 0 Å². The van der Waals surface area contributed by atoms with Crippen LogP contribution in [0.5, 0.6) is 0 Å². The Kier molecular flexibility index (Phi) is 2.75. The Labute approximate surface area is 97.4 Å². The van der Waals surface area contributed by atoms with Gasteiger partial charge in [-0.3, -0.25) is 0 Å². The number of carbonyl (C=O) groups is 1. The molecular weight excluding hydrogens is 222 g/mol. The summed E-state index contributed by atoms with van der Waals surface area (Å²) in [6.45, 7) is 4.03. The maximum absolute atomic E-state index is 10.7. The average Bonchev–Trinajstić information content (AvgIpc) is 2.64. The van der Waals surface area contributed by atoms with Crippen LogP contribution in [0.25, 0.3) is 10.6 Å². The fraction of sp³-hybridized carbons (Fsp3) is 0.167. The molecule has 1 heterocycles. The molecule has 0 aliphatic carbocycles. The molecule has 0 radical (unpaired) electrons. The van der Waals surface area contributed by atoms with Gasteiger partial charge in [-0.2, -0.15) is 0 Å². The van der Waals surface area contributed by atoms with E-state index in [1.54, 1.807) is 0 Å². The minimum absolute atomic E-state index is 0.272. The van der Waals surface area contributed by atoms with E-state index in [4.69, 9.17) is 5.11 Å². The van der Waals surface area contributed by atoms with E-state index in [0.29, 0.717) is 0 Å². The first-order valence-electron chi connectivity index (χ1n) is 4.84. The Morgan fingerprint density at radius 1 is 1.25 bits per heavy atom. The fourth-order valence-electron chi connectivity index (χ4n) is 1.60. The number of carboxylic acid groups (broad SMARTS) is 1. The molecule has 82 valence electrons. The summed E-state index contributed by atoms with van der Waals surface area (Å²) in [7, 11) is 0. The lowest BCUT2D eigenvalue weighted by Crippen LogP contribution is -1.89. The van der Waals surface area contributed by atoms with Crippen LogP contribution in [-0.4, -0.2) is 16.1 Å². The molecule has 0 bridgehead atoms. The lowest BCUT2D eigenvalue weighted by Gasteiger charge is -2.00. The fourth-order valence-corrected chi connectivity index (χ4v) is 2.35. The molecule has 16 heavy (non-hydrogen) atoms. The van der Waals surface area contributed by atoms with Crippen LogP contribution in [0.2, 0.25) is 0 Å². The molecule has 0 saturated carbocycles. The lowest BCUT2D eigenvalue weighted by atomic mass is 10.1. The summed E-state index contributed by atoms with van der Waals surface area (Å²) < 4.78 is 0. The predicted molar refractivity (Wildman–Crippen MR) is 64.0 cm³/mol. The zero-order valence-electron chi connectivity index (χ0n) is 9.02. The van der Waals surface area contributed by atoms with Crippen LogP contribution in [0.3, 0.4) is 0 Å². The van der Waals surface area contributed by atoms with Gasteiger partial charge < -0.3 is 5.11 Å². The molecule has 4 heteroatoms. The van der Waals surface area contributed by atoms with E-state index < -0.39 is 5.97 Å². The zero-order valence-corrected chi connectivity index (χ0v) is 9.84. The van der Waals surface area contributed by atoms with Crippen molar-refractivity contribution in [1.29, 1.82) is 0 Å². The third kappa shape index (κ3) is 2.12. The Morgan fingerprint density at radius 2 is 1.88 bits per heavy atom. The molecule has 1 aromatic heterocycles. The van der Waals surface area contributed by atoms with Gasteiger partial charge in [0, 0.05) is 5.56 Å². The molecule has 0 unspecified atom stereocenters. The molecule has 0 aliphatic heterocycles. The van der Waals surface area contributed by atoms with Gasteiger partial charge in [-0.1, -0.05) is 17.2 Å². The topological polar surface area (TPSA) is 50.2 Å². The lowest BCUT2D eigenvalue weighted by molar-refractivity contribution is 0.0702. The summed E-state index contributed by atoms with van der Waals surface area (Å²) in [6.07, 6.45) is 1.40. The molecule has 3 nitrogen and oxygen atoms in total. The number of rotatable bonds is 2. The molecule has 0 spiro atoms. The van der Waals surface area contributed by atoms with Crippen molar-refractivity contribution >= 4 is 17.3 Å². The highest BCUT2D eigenvalue weighted by Gasteiger charge is 2.10. The van der Waals surface area contributed by atoms with Gasteiger partial charge in [-0.15, -0.1) is 11.3 Å². The average molecular weight is 233 g/mol. The van der Waals surface area contributed by atoms with Gasteiger partial charge in [-0.25, -0.2) is 9.78 Å². The third-order valence-corrected chi connectivity index (χ3v) is 3.22. The van der Waals surface area contributed by atoms with E-state index in [0.717, 1.165) is 21.7 Å². The van der Waals surface area contributed by atoms with E-state index >= 15 is 0 Å². The van der Waals surface area contributed by atoms with Crippen LogP contribution in [0.15, 0.2) is 24.4 Å². The van der Waals surface area contributed by atoms with Gasteiger partial charge in [0.1, 0.15) is 9.88 Å². The molecule has 0 aliphatic rings. The number of aromatic carboxylic acids is 1. The zero-order chi connectivity index (χ0) is 11.7. The maximum atomic E-state index is 10.7. The highest BCUT2D eigenvalue weighted by atomic mass is 32.1. The molecule has 0 amide bonds. The first kappa shape index (κ1) is 10.8. The molecule has 0 fully saturated rings. The van der Waals surface area contributed by atoms with Crippen molar-refractivity contribution in [2.24, 2.45) is 0 Å². The van der Waals surface area contributed by atoms with E-state index in [2.05, 4.69) is 11.1 Å². The van der Waals surface area contributed by atoms with E-state index in [-0.39, 0.29) is 4.88 Å². The maximum Gasteiger partial charge on any atom is 0.347 e. The number of aromatic nitrogens is 1. The van der Waals surface area contributed by atoms with Crippen molar-refractivity contribution in [3.05, 3.63) is 40.4 Å². The third-order valence-electron chi connectivity index (χ3n) is 2.19. The summed E-state index contributed by atoms with van der Waals surface area (Å²) >= 11 is 1.20. The Bertz CT molecular complexity index is 525. The molecule has 0 saturated heterocycles. The Balaban J connectivity index is 2.46. The largest absolute Gasteiger partial charge is 0.477 e. The Hall–Kier alpha value is -1.68. The number of hydrogen-bond donors (Lipinski definition) is 1. The van der Waals surface area contributed by atoms with Crippen LogP contribution in [-0.2, 0) is 0 Å². The van der Waals surface area contributed by atoms with Gasteiger partial charge >= 0.3 is 5.97 Å². The number of carboxylic acids is 1. The number of nitrogens with zero attached hydrogens (tertiary/aromatic N) is 1. The van der Waals surface area contributed by atoms with E-state index in [9.17, 15) is 4.79 Å². The van der Waals surface area contributed by atoms with Crippen LogP contribution < -0.4 is 0 Å². The second-order valence-electron chi connectivity index (χ2n) is 3.71. The van der Waals surface area contributed by atoms with Crippen LogP contribution in [0, 0.1) is 13.8 Å². The molecule has 0 atom stereocenters. The van der Waals surface area contributed by atoms with Gasteiger partial charge in [-0.05, 0) is 26.0 Å². The van der Waals surface area contributed by atoms with Gasteiger partial charge in [0.05, 0.1) is 6.20 Å². The minimum atomic E-state index is -0.923. The van der Waals surface area contributed by atoms with Gasteiger partial charge in [0.25, 0.3) is 0 Å². The van der Waals surface area contributed by atoms with Crippen molar-refractivity contribution in [2.45, 2.75) is 13.8 Å². The van der Waals surface area contributed by atoms with Crippen LogP contribution >= 0.6 is 11.3 Å². The quantitative estimate of drug-likeness (QED) is 0.867. The van der Waals surface area contributed by atoms with Crippen molar-refractivity contribution in [3.8, 4) is 10.6 Å². The summed E-state index contributed by atoms with van der Waals surface area (Å²) in [4.78, 5) is 15.1. The summed E-state index contributed by atoms with van der Waals surface area (Å²) in [5, 5.41) is 9.58. The molecule has 1 aromatic carbocycles. The second-order valence-corrected chi connectivity index (χ2v) is 4.74. The highest BCUT2D eigenvalue weighted by molar-refractivity contribution is 7.16. The number of hydrogen-bond acceptors (Lipinski definition) is 3. The van der Waals surface area contributed by atoms with Crippen molar-refractivity contribution in [2.75, 3.05) is 0 Å². The second kappa shape index (κ2) is 4.06. The van der Waals surface area contributed by atoms with E-state index in [1.165, 1.54) is 17.5 Å².